The largest absolute Gasteiger partial charge is 0.303 e. The van der Waals surface area contributed by atoms with Crippen LogP contribution in [-0.2, 0) is 6.42 Å². The van der Waals surface area contributed by atoms with Crippen LogP contribution in [-0.4, -0.2) is 60.6 Å². The molecule has 2 aromatic carbocycles. The molecule has 0 N–H and O–H groups in total. The summed E-state index contributed by atoms with van der Waals surface area (Å²) in [7, 11) is 0. The molecule has 38 heavy (non-hydrogen) atoms. The fourth-order valence-corrected chi connectivity index (χ4v) is 7.23. The quantitative estimate of drug-likeness (QED) is 0.179. The molecule has 4 nitrogen and oxygen atoms in total. The van der Waals surface area contributed by atoms with Gasteiger partial charge in [0.25, 0.3) is 0 Å². The van der Waals surface area contributed by atoms with E-state index in [-0.39, 0.29) is 11.6 Å². The Labute approximate surface area is 233 Å². The molecule has 5 heteroatoms. The number of piperidine rings is 2. The molecule has 0 atom stereocenters. The van der Waals surface area contributed by atoms with Crippen molar-refractivity contribution in [3.63, 3.8) is 0 Å². The molecule has 0 amide bonds. The Morgan fingerprint density at radius 2 is 1.05 bits per heavy atom. The highest BCUT2D eigenvalue weighted by Gasteiger charge is 2.20. The molecule has 0 radical (unpaired) electrons. The van der Waals surface area contributed by atoms with Crippen LogP contribution in [0.4, 0.5) is 0 Å². The van der Waals surface area contributed by atoms with Gasteiger partial charge in [-0.25, -0.2) is 0 Å². The Morgan fingerprint density at radius 1 is 0.605 bits per heavy atom. The number of likely N-dealkylation sites (tertiary alicyclic amines) is 2. The van der Waals surface area contributed by atoms with Gasteiger partial charge < -0.3 is 9.80 Å². The van der Waals surface area contributed by atoms with Gasteiger partial charge in [0.05, 0.1) is 0 Å². The van der Waals surface area contributed by atoms with E-state index in [9.17, 15) is 9.59 Å². The Hall–Kier alpha value is -1.95. The van der Waals surface area contributed by atoms with Gasteiger partial charge in [0.2, 0.25) is 0 Å². The number of carbonyl (C=O) groups is 2. The fourth-order valence-electron chi connectivity index (χ4n) is 6.20. The Bertz CT molecular complexity index is 1020. The second kappa shape index (κ2) is 13.9. The zero-order chi connectivity index (χ0) is 26.2. The van der Waals surface area contributed by atoms with Crippen LogP contribution in [0, 0.1) is 0 Å². The molecule has 0 bridgehead atoms. The first-order valence-electron chi connectivity index (χ1n) is 15.1. The molecule has 3 aliphatic heterocycles. The van der Waals surface area contributed by atoms with E-state index in [1.54, 1.807) is 11.8 Å². The number of hydrogen-bond acceptors (Lipinski definition) is 5. The van der Waals surface area contributed by atoms with Gasteiger partial charge in [-0.3, -0.25) is 9.59 Å². The summed E-state index contributed by atoms with van der Waals surface area (Å²) < 4.78 is 0. The molecular weight excluding hydrogens is 488 g/mol. The normalized spacial score (nSPS) is 18.1. The lowest BCUT2D eigenvalue weighted by molar-refractivity contribution is 0.0969. The summed E-state index contributed by atoms with van der Waals surface area (Å²) in [6.07, 6.45) is 14.2. The molecular formula is C33H44N2O2S. The first-order chi connectivity index (χ1) is 18.7. The van der Waals surface area contributed by atoms with Crippen LogP contribution in [0.3, 0.4) is 0 Å². The van der Waals surface area contributed by atoms with Crippen molar-refractivity contribution < 1.29 is 9.59 Å². The van der Waals surface area contributed by atoms with Crippen molar-refractivity contribution in [3.8, 4) is 0 Å². The van der Waals surface area contributed by atoms with Gasteiger partial charge in [0.1, 0.15) is 0 Å². The van der Waals surface area contributed by atoms with Crippen LogP contribution in [0.25, 0.3) is 0 Å². The Morgan fingerprint density at radius 3 is 1.50 bits per heavy atom. The van der Waals surface area contributed by atoms with Crippen molar-refractivity contribution >= 4 is 23.3 Å². The van der Waals surface area contributed by atoms with Crippen LogP contribution in [0.1, 0.15) is 109 Å². The molecule has 3 aliphatic rings. The molecule has 2 saturated heterocycles. The maximum Gasteiger partial charge on any atom is 0.162 e. The SMILES string of the molecule is O=C(CCCCN1CCCCC1)c1ccc2c(c1)Cc1cc(C(=O)CCCCN3CCCCC3)ccc1S2. The topological polar surface area (TPSA) is 40.6 Å². The number of benzene rings is 2. The number of rotatable bonds is 12. The summed E-state index contributed by atoms with van der Waals surface area (Å²) in [4.78, 5) is 33.4. The molecule has 2 aromatic rings. The van der Waals surface area contributed by atoms with Crippen molar-refractivity contribution in [2.24, 2.45) is 0 Å². The van der Waals surface area contributed by atoms with Crippen molar-refractivity contribution in [2.45, 2.75) is 93.3 Å². The maximum absolute atomic E-state index is 12.9. The van der Waals surface area contributed by atoms with E-state index in [1.165, 1.54) is 85.6 Å². The molecule has 0 aliphatic carbocycles. The lowest BCUT2D eigenvalue weighted by atomic mass is 9.96. The minimum absolute atomic E-state index is 0.260. The van der Waals surface area contributed by atoms with Gasteiger partial charge in [0, 0.05) is 33.8 Å². The Balaban J connectivity index is 1.11. The van der Waals surface area contributed by atoms with Gasteiger partial charge in [0.15, 0.2) is 11.6 Å². The molecule has 204 valence electrons. The van der Waals surface area contributed by atoms with Gasteiger partial charge in [-0.05, 0) is 132 Å². The molecule has 5 rings (SSSR count). The third-order valence-electron chi connectivity index (χ3n) is 8.52. The van der Waals surface area contributed by atoms with Crippen LogP contribution in [0.2, 0.25) is 0 Å². The molecule has 0 saturated carbocycles. The average molecular weight is 533 g/mol. The van der Waals surface area contributed by atoms with E-state index in [4.69, 9.17) is 0 Å². The van der Waals surface area contributed by atoms with Crippen molar-refractivity contribution in [1.29, 1.82) is 0 Å². The summed E-state index contributed by atoms with van der Waals surface area (Å²) in [5.74, 6) is 0.520. The first kappa shape index (κ1) is 27.6. The summed E-state index contributed by atoms with van der Waals surface area (Å²) in [6.45, 7) is 7.16. The van der Waals surface area contributed by atoms with E-state index < -0.39 is 0 Å². The van der Waals surface area contributed by atoms with Gasteiger partial charge >= 0.3 is 0 Å². The minimum atomic E-state index is 0.260. The molecule has 3 heterocycles. The highest BCUT2D eigenvalue weighted by molar-refractivity contribution is 7.99. The number of unbranched alkanes of at least 4 members (excludes halogenated alkanes) is 2. The average Bonchev–Trinajstić information content (AvgIpc) is 2.96. The number of Topliss-reactive ketones (excluding diaryl/α,β-unsaturated/α-hetero) is 2. The smallest absolute Gasteiger partial charge is 0.162 e. The fraction of sp³-hybridized carbons (Fsp3) is 0.576. The van der Waals surface area contributed by atoms with Crippen molar-refractivity contribution in [1.82, 2.24) is 9.80 Å². The number of hydrogen-bond donors (Lipinski definition) is 0. The predicted molar refractivity (Wildman–Crippen MR) is 157 cm³/mol. The number of ketones is 2. The second-order valence-electron chi connectivity index (χ2n) is 11.5. The third kappa shape index (κ3) is 7.58. The lowest BCUT2D eigenvalue weighted by Crippen LogP contribution is -2.30. The van der Waals surface area contributed by atoms with E-state index in [0.29, 0.717) is 12.8 Å². The van der Waals surface area contributed by atoms with Crippen LogP contribution >= 0.6 is 11.8 Å². The number of nitrogens with zero attached hydrogens (tertiary/aromatic N) is 2. The highest BCUT2D eigenvalue weighted by Crippen LogP contribution is 2.40. The van der Waals surface area contributed by atoms with Gasteiger partial charge in [-0.15, -0.1) is 0 Å². The zero-order valence-corrected chi connectivity index (χ0v) is 23.8. The number of fused-ring (bicyclic) bond motifs is 2. The molecule has 0 aromatic heterocycles. The molecule has 0 unspecified atom stereocenters. The predicted octanol–water partition coefficient (Wildman–Crippen LogP) is 7.42. The zero-order valence-electron chi connectivity index (χ0n) is 23.0. The van der Waals surface area contributed by atoms with E-state index in [0.717, 1.165) is 56.3 Å². The van der Waals surface area contributed by atoms with Crippen molar-refractivity contribution in [2.75, 3.05) is 39.3 Å². The van der Waals surface area contributed by atoms with E-state index in [1.807, 2.05) is 12.1 Å². The highest BCUT2D eigenvalue weighted by atomic mass is 32.2. The number of carbonyl (C=O) groups excluding carboxylic acids is 2. The van der Waals surface area contributed by atoms with Crippen LogP contribution in [0.5, 0.6) is 0 Å². The first-order valence-corrected chi connectivity index (χ1v) is 15.9. The second-order valence-corrected chi connectivity index (χ2v) is 12.6. The van der Waals surface area contributed by atoms with Crippen molar-refractivity contribution in [3.05, 3.63) is 58.7 Å². The Kier molecular flexibility index (Phi) is 10.1. The van der Waals surface area contributed by atoms with Gasteiger partial charge in [-0.1, -0.05) is 36.7 Å². The summed E-state index contributed by atoms with van der Waals surface area (Å²) >= 11 is 1.76. The molecule has 2 fully saturated rings. The third-order valence-corrected chi connectivity index (χ3v) is 9.76. The van der Waals surface area contributed by atoms with Crippen LogP contribution < -0.4 is 0 Å². The standard InChI is InChI=1S/C33H44N2O2S/c36-30(11-3-9-21-34-17-5-1-6-18-34)26-13-15-32-28(23-26)25-29-24-27(14-16-33(29)38-32)31(37)12-4-10-22-35-19-7-2-8-20-35/h13-16,23-24H,1-12,17-22,25H2. The summed E-state index contributed by atoms with van der Waals surface area (Å²) in [5.41, 5.74) is 4.11. The summed E-state index contributed by atoms with van der Waals surface area (Å²) in [6, 6.07) is 12.5. The van der Waals surface area contributed by atoms with Gasteiger partial charge in [-0.2, -0.15) is 0 Å². The van der Waals surface area contributed by atoms with E-state index in [2.05, 4.69) is 34.1 Å². The minimum Gasteiger partial charge on any atom is -0.303 e. The monoisotopic (exact) mass is 532 g/mol. The summed E-state index contributed by atoms with van der Waals surface area (Å²) in [5, 5.41) is 0. The maximum atomic E-state index is 12.9. The van der Waals surface area contributed by atoms with Crippen LogP contribution in [0.15, 0.2) is 46.2 Å². The molecule has 0 spiro atoms. The lowest BCUT2D eigenvalue weighted by Gasteiger charge is -2.26. The van der Waals surface area contributed by atoms with E-state index >= 15 is 0 Å².